The lowest BCUT2D eigenvalue weighted by atomic mass is 10.1. The second-order valence-electron chi connectivity index (χ2n) is 5.90. The topological polar surface area (TPSA) is 292 Å². The van der Waals surface area contributed by atoms with Crippen LogP contribution in [0, 0.1) is 0 Å². The van der Waals surface area contributed by atoms with Crippen molar-refractivity contribution in [3.8, 4) is 0 Å². The second-order valence-corrected chi connectivity index (χ2v) is 10.0. The summed E-state index contributed by atoms with van der Waals surface area (Å²) in [4.78, 5) is 48.6. The van der Waals surface area contributed by atoms with Gasteiger partial charge in [0.2, 0.25) is 5.02 Å². The summed E-state index contributed by atoms with van der Waals surface area (Å²) >= 11 is 0. The first-order chi connectivity index (χ1) is 13.1. The highest BCUT2D eigenvalue weighted by molar-refractivity contribution is 7.72. The van der Waals surface area contributed by atoms with Gasteiger partial charge < -0.3 is 56.2 Å². The van der Waals surface area contributed by atoms with Crippen LogP contribution in [0.3, 0.4) is 0 Å². The molecule has 1 aromatic rings. The van der Waals surface area contributed by atoms with E-state index in [-0.39, 0.29) is 5.82 Å². The molecule has 12 N–H and O–H groups in total. The van der Waals surface area contributed by atoms with Gasteiger partial charge in [0.05, 0.1) is 13.2 Å². The number of nitrogens with zero attached hydrogens (tertiary/aromatic N) is 2. The number of nitrogens with two attached hydrogens (primary N) is 2. The SMILES string of the molecule is NC(CO)(P(=O)(O)O)P(=O)(O)O.Nc1ccn([C@@H]2O[C@H](CO)[C@@H](O)[C@H]2O)c(=O)n1. The minimum atomic E-state index is -5.24. The Balaban J connectivity index is 0.000000311. The van der Waals surface area contributed by atoms with Crippen LogP contribution in [0.5, 0.6) is 0 Å². The fourth-order valence-electron chi connectivity index (χ4n) is 2.08. The normalized spacial score (nSPS) is 25.4. The van der Waals surface area contributed by atoms with Crippen LogP contribution < -0.4 is 17.2 Å². The van der Waals surface area contributed by atoms with Gasteiger partial charge >= 0.3 is 20.9 Å². The molecule has 0 spiro atoms. The van der Waals surface area contributed by atoms with Gasteiger partial charge in [0.15, 0.2) is 6.23 Å². The van der Waals surface area contributed by atoms with E-state index in [1.54, 1.807) is 0 Å². The molecule has 29 heavy (non-hydrogen) atoms. The number of anilines is 1. The highest BCUT2D eigenvalue weighted by Gasteiger charge is 2.57. The van der Waals surface area contributed by atoms with Crippen LogP contribution in [0.1, 0.15) is 6.23 Å². The third-order valence-electron chi connectivity index (χ3n) is 3.88. The second kappa shape index (κ2) is 9.26. The number of ether oxygens (including phenoxy) is 1. The third kappa shape index (κ3) is 5.46. The van der Waals surface area contributed by atoms with Crippen molar-refractivity contribution in [3.63, 3.8) is 0 Å². The highest BCUT2D eigenvalue weighted by atomic mass is 31.2. The van der Waals surface area contributed by atoms with Crippen LogP contribution in [-0.2, 0) is 13.9 Å². The predicted molar refractivity (Wildman–Crippen MR) is 94.0 cm³/mol. The number of hydrogen-bond acceptors (Lipinski definition) is 11. The van der Waals surface area contributed by atoms with Gasteiger partial charge in [0.25, 0.3) is 0 Å². The summed E-state index contributed by atoms with van der Waals surface area (Å²) in [6, 6.07) is 1.37. The van der Waals surface area contributed by atoms with E-state index in [1.807, 2.05) is 0 Å². The van der Waals surface area contributed by atoms with Gasteiger partial charge in [-0.3, -0.25) is 13.7 Å². The summed E-state index contributed by atoms with van der Waals surface area (Å²) in [5.41, 5.74) is 9.31. The van der Waals surface area contributed by atoms with E-state index in [1.165, 1.54) is 12.3 Å². The van der Waals surface area contributed by atoms with E-state index in [0.29, 0.717) is 0 Å². The van der Waals surface area contributed by atoms with Crippen LogP contribution >= 0.6 is 15.2 Å². The van der Waals surface area contributed by atoms with Gasteiger partial charge in [-0.1, -0.05) is 0 Å². The lowest BCUT2D eigenvalue weighted by Gasteiger charge is -2.27. The molecule has 168 valence electrons. The molecular weight excluding hydrogens is 442 g/mol. The molecule has 0 bridgehead atoms. The molecule has 1 fully saturated rings. The van der Waals surface area contributed by atoms with Crippen molar-refractivity contribution in [2.24, 2.45) is 5.73 Å². The summed E-state index contributed by atoms with van der Waals surface area (Å²) in [6.45, 7) is -1.95. The molecular formula is C11H22N4O12P2. The molecule has 18 heteroatoms. The molecule has 4 atom stereocenters. The Labute approximate surface area is 162 Å². The molecule has 0 aromatic carbocycles. The molecule has 1 aromatic heterocycles. The van der Waals surface area contributed by atoms with Crippen molar-refractivity contribution in [1.29, 1.82) is 0 Å². The number of nitrogen functional groups attached to an aromatic ring is 1. The Morgan fingerprint density at radius 3 is 1.97 bits per heavy atom. The fourth-order valence-corrected chi connectivity index (χ4v) is 3.81. The molecule has 2 rings (SSSR count). The van der Waals surface area contributed by atoms with E-state index in [4.69, 9.17) is 40.3 Å². The maximum Gasteiger partial charge on any atom is 0.360 e. The molecule has 2 heterocycles. The monoisotopic (exact) mass is 464 g/mol. The zero-order valence-corrected chi connectivity index (χ0v) is 16.3. The lowest BCUT2D eigenvalue weighted by molar-refractivity contribution is -0.0549. The van der Waals surface area contributed by atoms with E-state index >= 15 is 0 Å². The average molecular weight is 464 g/mol. The van der Waals surface area contributed by atoms with Crippen molar-refractivity contribution in [2.75, 3.05) is 18.9 Å². The summed E-state index contributed by atoms with van der Waals surface area (Å²) in [7, 11) is -10.5. The van der Waals surface area contributed by atoms with Crippen molar-refractivity contribution in [1.82, 2.24) is 9.55 Å². The zero-order valence-electron chi connectivity index (χ0n) is 14.5. The van der Waals surface area contributed by atoms with Gasteiger partial charge in [-0.2, -0.15) is 4.98 Å². The molecule has 1 aliphatic rings. The first-order valence-electron chi connectivity index (χ1n) is 7.59. The van der Waals surface area contributed by atoms with E-state index in [9.17, 15) is 24.1 Å². The Kier molecular flexibility index (Phi) is 8.23. The van der Waals surface area contributed by atoms with Crippen molar-refractivity contribution >= 4 is 21.0 Å². The molecule has 0 radical (unpaired) electrons. The van der Waals surface area contributed by atoms with Crippen molar-refractivity contribution in [3.05, 3.63) is 22.7 Å². The molecule has 0 amide bonds. The van der Waals surface area contributed by atoms with Crippen LogP contribution in [0.2, 0.25) is 0 Å². The third-order valence-corrected chi connectivity index (χ3v) is 7.75. The Morgan fingerprint density at radius 1 is 1.14 bits per heavy atom. The van der Waals surface area contributed by atoms with Crippen LogP contribution in [0.25, 0.3) is 0 Å². The van der Waals surface area contributed by atoms with Gasteiger partial charge in [-0.15, -0.1) is 0 Å². The minimum absolute atomic E-state index is 0.0537. The largest absolute Gasteiger partial charge is 0.394 e. The molecule has 0 saturated carbocycles. The number of aliphatic hydroxyl groups excluding tert-OH is 4. The number of aliphatic hydroxyl groups is 4. The maximum absolute atomic E-state index is 11.5. The van der Waals surface area contributed by atoms with Gasteiger partial charge in [0, 0.05) is 6.20 Å². The number of aromatic nitrogens is 2. The molecule has 0 unspecified atom stereocenters. The van der Waals surface area contributed by atoms with Crippen LogP contribution in [0.4, 0.5) is 5.82 Å². The quantitative estimate of drug-likeness (QED) is 0.183. The van der Waals surface area contributed by atoms with Crippen molar-refractivity contribution < 1.29 is 53.9 Å². The first kappa shape index (κ1) is 25.8. The van der Waals surface area contributed by atoms with Gasteiger partial charge in [0.1, 0.15) is 24.1 Å². The van der Waals surface area contributed by atoms with E-state index in [2.05, 4.69) is 10.7 Å². The number of hydrogen-bond donors (Lipinski definition) is 10. The van der Waals surface area contributed by atoms with Crippen LogP contribution in [-0.4, -0.2) is 86.1 Å². The standard InChI is InChI=1S/C9H13N3O5.C2H9NO7P2/c10-5-1-2-12(9(16)11-5)8-7(15)6(14)4(3-13)17-8;3-2(1-4,11(5,6)7)12(8,9)10/h1-2,4,6-8,13-15H,3H2,(H2,10,11,16);4H,1,3H2,(H2,5,6,7)(H2,8,9,10)/t4-,6-,7-,8-;/m1./s1. The lowest BCUT2D eigenvalue weighted by Crippen LogP contribution is -2.42. The molecule has 16 nitrogen and oxygen atoms in total. The predicted octanol–water partition coefficient (Wildman–Crippen LogP) is -4.62. The Bertz CT molecular complexity index is 830. The summed E-state index contributed by atoms with van der Waals surface area (Å²) in [5.74, 6) is 0.0537. The Morgan fingerprint density at radius 2 is 1.66 bits per heavy atom. The number of rotatable bonds is 5. The fraction of sp³-hybridized carbons (Fsp3) is 0.636. The highest BCUT2D eigenvalue weighted by Crippen LogP contribution is 2.65. The summed E-state index contributed by atoms with van der Waals surface area (Å²) in [5, 5.41) is 33.3. The minimum Gasteiger partial charge on any atom is -0.394 e. The van der Waals surface area contributed by atoms with E-state index in [0.717, 1.165) is 4.57 Å². The maximum atomic E-state index is 11.5. The molecule has 1 aliphatic heterocycles. The smallest absolute Gasteiger partial charge is 0.360 e. The Hall–Kier alpha value is -1.26. The first-order valence-corrected chi connectivity index (χ1v) is 10.8. The van der Waals surface area contributed by atoms with Gasteiger partial charge in [-0.05, 0) is 6.07 Å². The molecule has 0 aliphatic carbocycles. The zero-order chi connectivity index (χ0) is 22.8. The van der Waals surface area contributed by atoms with E-state index < -0.39 is 63.7 Å². The molecule has 1 saturated heterocycles. The average Bonchev–Trinajstić information content (AvgIpc) is 2.87. The summed E-state index contributed by atoms with van der Waals surface area (Å²) < 4.78 is 27.1. The van der Waals surface area contributed by atoms with Crippen LogP contribution in [0.15, 0.2) is 17.1 Å². The summed E-state index contributed by atoms with van der Waals surface area (Å²) in [6.07, 6.45) is -3.27. The van der Waals surface area contributed by atoms with Crippen molar-refractivity contribution in [2.45, 2.75) is 29.6 Å². The van der Waals surface area contributed by atoms with Gasteiger partial charge in [-0.25, -0.2) is 4.79 Å².